The van der Waals surface area contributed by atoms with Crippen molar-refractivity contribution in [1.82, 2.24) is 9.55 Å². The van der Waals surface area contributed by atoms with Gasteiger partial charge in [0.1, 0.15) is 6.10 Å². The summed E-state index contributed by atoms with van der Waals surface area (Å²) in [6.45, 7) is -3.24. The summed E-state index contributed by atoms with van der Waals surface area (Å²) in [5.74, 6) is -3.45. The van der Waals surface area contributed by atoms with Crippen molar-refractivity contribution in [2.75, 3.05) is 0 Å². The highest BCUT2D eigenvalue weighted by atomic mass is 32.5. The number of ether oxygens (including phenoxy) is 1. The number of aromatic nitrogens is 2. The van der Waals surface area contributed by atoms with E-state index < -0.39 is 48.4 Å². The molecule has 13 heteroatoms. The van der Waals surface area contributed by atoms with Crippen LogP contribution in [0.25, 0.3) is 0 Å². The number of aromatic amines is 1. The average Bonchev–Trinajstić information content (AvgIpc) is 2.61. The van der Waals surface area contributed by atoms with Gasteiger partial charge in [-0.25, -0.2) is 9.18 Å². The number of aliphatic hydroxyl groups is 2. The van der Waals surface area contributed by atoms with Gasteiger partial charge in [-0.1, -0.05) is 0 Å². The van der Waals surface area contributed by atoms with E-state index in [4.69, 9.17) is 4.74 Å². The normalized spacial score (nSPS) is 32.9. The maximum Gasteiger partial charge on any atom is 0.330 e. The topological polar surface area (TPSA) is 154 Å². The summed E-state index contributed by atoms with van der Waals surface area (Å²) in [6.07, 6.45) is -6.20. The summed E-state index contributed by atoms with van der Waals surface area (Å²) in [6, 6.07) is 0.884. The first-order chi connectivity index (χ1) is 10.4. The fourth-order valence-electron chi connectivity index (χ4n) is 2.21. The quantitative estimate of drug-likeness (QED) is 0.380. The van der Waals surface area contributed by atoms with Gasteiger partial charge in [0, 0.05) is 12.3 Å². The van der Waals surface area contributed by atoms with Gasteiger partial charge in [0.05, 0.1) is 6.10 Å². The van der Waals surface area contributed by atoms with Crippen LogP contribution >= 0.6 is 6.72 Å². The fourth-order valence-corrected chi connectivity index (χ4v) is 3.05. The lowest BCUT2D eigenvalue weighted by molar-refractivity contribution is -0.193. The summed E-state index contributed by atoms with van der Waals surface area (Å²) >= 11 is 4.23. The third kappa shape index (κ3) is 3.75. The first kappa shape index (κ1) is 18.4. The lowest BCUT2D eigenvalue weighted by Gasteiger charge is -2.28. The Balaban J connectivity index is 2.48. The van der Waals surface area contributed by atoms with E-state index in [1.165, 1.54) is 6.92 Å². The van der Waals surface area contributed by atoms with Crippen LogP contribution in [0.5, 0.6) is 0 Å². The Morgan fingerprint density at radius 3 is 2.65 bits per heavy atom. The second-order valence-corrected chi connectivity index (χ2v) is 7.57. The average molecular weight is 372 g/mol. The molecule has 0 saturated carbocycles. The Bertz CT molecular complexity index is 743. The van der Waals surface area contributed by atoms with Gasteiger partial charge < -0.3 is 24.7 Å². The van der Waals surface area contributed by atoms with Crippen molar-refractivity contribution in [3.05, 3.63) is 33.1 Å². The molecular weight excluding hydrogens is 358 g/mol. The van der Waals surface area contributed by atoms with E-state index in [-0.39, 0.29) is 0 Å². The van der Waals surface area contributed by atoms with E-state index in [0.29, 0.717) is 4.57 Å². The Hall–Kier alpha value is -0.980. The van der Waals surface area contributed by atoms with Crippen LogP contribution in [0.15, 0.2) is 21.9 Å². The number of hydrogen-bond acceptors (Lipinski definition) is 7. The van der Waals surface area contributed by atoms with Crippen LogP contribution in [0.2, 0.25) is 0 Å². The van der Waals surface area contributed by atoms with Gasteiger partial charge in [0.15, 0.2) is 12.3 Å². The third-order valence-electron chi connectivity index (χ3n) is 3.16. The molecule has 1 aromatic heterocycles. The van der Waals surface area contributed by atoms with Crippen molar-refractivity contribution in [2.24, 2.45) is 0 Å². The predicted molar refractivity (Wildman–Crippen MR) is 76.6 cm³/mol. The molecule has 10 nitrogen and oxygen atoms in total. The highest BCUT2D eigenvalue weighted by Gasteiger charge is 2.61. The second-order valence-electron chi connectivity index (χ2n) is 4.96. The van der Waals surface area contributed by atoms with E-state index in [1.54, 1.807) is 0 Å². The zero-order valence-corrected chi connectivity index (χ0v) is 13.3. The molecule has 0 aliphatic carbocycles. The first-order valence-corrected chi connectivity index (χ1v) is 8.86. The van der Waals surface area contributed by atoms with Gasteiger partial charge in [-0.3, -0.25) is 18.9 Å². The van der Waals surface area contributed by atoms with Crippen molar-refractivity contribution >= 4 is 18.5 Å². The van der Waals surface area contributed by atoms with Crippen LogP contribution in [-0.4, -0.2) is 53.7 Å². The molecule has 5 atom stereocenters. The maximum atomic E-state index is 14.7. The molecule has 0 aromatic carbocycles. The van der Waals surface area contributed by atoms with Gasteiger partial charge in [0.2, 0.25) is 0 Å². The van der Waals surface area contributed by atoms with Crippen LogP contribution in [0, 0.1) is 0 Å². The van der Waals surface area contributed by atoms with Gasteiger partial charge >= 0.3 is 12.4 Å². The second kappa shape index (κ2) is 6.15. The van der Waals surface area contributed by atoms with Crippen molar-refractivity contribution in [1.29, 1.82) is 0 Å². The molecule has 1 saturated heterocycles. The summed E-state index contributed by atoms with van der Waals surface area (Å²) in [7, 11) is 0. The largest absolute Gasteiger partial charge is 0.391 e. The summed E-state index contributed by atoms with van der Waals surface area (Å²) in [5.41, 5.74) is -1.84. The van der Waals surface area contributed by atoms with E-state index in [1.807, 2.05) is 4.98 Å². The first-order valence-electron chi connectivity index (χ1n) is 6.23. The molecule has 1 fully saturated rings. The Morgan fingerprint density at radius 2 is 2.17 bits per heavy atom. The molecule has 0 unspecified atom stereocenters. The van der Waals surface area contributed by atoms with Crippen LogP contribution in [0.1, 0.15) is 13.2 Å². The summed E-state index contributed by atoms with van der Waals surface area (Å²) < 4.78 is 24.9. The van der Waals surface area contributed by atoms with Crippen molar-refractivity contribution in [2.45, 2.75) is 37.3 Å². The molecule has 2 heterocycles. The molecule has 0 radical (unpaired) electrons. The number of alkyl halides is 1. The highest BCUT2D eigenvalue weighted by molar-refractivity contribution is 8.06. The number of halogens is 1. The third-order valence-corrected chi connectivity index (χ3v) is 3.92. The Labute approximate surface area is 133 Å². The minimum atomic E-state index is -4.41. The zero-order chi connectivity index (χ0) is 17.6. The lowest BCUT2D eigenvalue weighted by Crippen LogP contribution is -2.47. The summed E-state index contributed by atoms with van der Waals surface area (Å²) in [4.78, 5) is 43.0. The molecule has 130 valence electrons. The summed E-state index contributed by atoms with van der Waals surface area (Å²) in [5, 5.41) is 19.6. The van der Waals surface area contributed by atoms with Crippen molar-refractivity contribution in [3.8, 4) is 0 Å². The molecule has 23 heavy (non-hydrogen) atoms. The van der Waals surface area contributed by atoms with E-state index in [0.717, 1.165) is 12.3 Å². The van der Waals surface area contributed by atoms with Crippen LogP contribution in [0.3, 0.4) is 0 Å². The molecule has 0 bridgehead atoms. The molecule has 2 rings (SSSR count). The molecule has 0 spiro atoms. The monoisotopic (exact) mass is 372 g/mol. The van der Waals surface area contributed by atoms with Gasteiger partial charge in [-0.15, -0.1) is 0 Å². The number of aliphatic hydroxyl groups excluding tert-OH is 1. The standard InChI is InChI=1S/C10H14FN2O8PS/c1-4(14)6-7(21-22(18,19)23)10(11,17)8(20-6)13-3-2-5(15)12-9(13)16/h2-4,6-8,14,17H,1H3,(H,12,15,16)(H2,18,19,23)/t4-,6+,7+,8+,10+/m0/s1. The van der Waals surface area contributed by atoms with Gasteiger partial charge in [-0.05, 0) is 18.7 Å². The van der Waals surface area contributed by atoms with Gasteiger partial charge in [0.25, 0.3) is 11.4 Å². The molecule has 1 aliphatic heterocycles. The maximum absolute atomic E-state index is 14.7. The van der Waals surface area contributed by atoms with E-state index >= 15 is 0 Å². The molecule has 1 aromatic rings. The van der Waals surface area contributed by atoms with Crippen molar-refractivity contribution in [3.63, 3.8) is 0 Å². The number of nitrogens with zero attached hydrogens (tertiary/aromatic N) is 1. The number of hydrogen-bond donors (Lipinski definition) is 5. The minimum Gasteiger partial charge on any atom is -0.391 e. The Morgan fingerprint density at radius 1 is 1.57 bits per heavy atom. The Kier molecular flexibility index (Phi) is 4.91. The van der Waals surface area contributed by atoms with Crippen LogP contribution in [-0.2, 0) is 21.1 Å². The molecule has 1 aliphatic rings. The number of nitrogens with one attached hydrogen (secondary N) is 1. The van der Waals surface area contributed by atoms with Crippen molar-refractivity contribution < 1.29 is 33.7 Å². The fraction of sp³-hybridized carbons (Fsp3) is 0.600. The molecule has 0 amide bonds. The molecular formula is C10H14FN2O8PS. The smallest absolute Gasteiger partial charge is 0.330 e. The SMILES string of the molecule is C[C@H](O)[C@H]1O[C@@H](n2ccc(=O)[nH]c2=O)[C@@](O)(F)[C@@H]1OP(O)(O)=S. The highest BCUT2D eigenvalue weighted by Crippen LogP contribution is 2.49. The predicted octanol–water partition coefficient (Wildman–Crippen LogP) is -1.93. The number of H-pyrrole nitrogens is 1. The number of rotatable bonds is 4. The van der Waals surface area contributed by atoms with E-state index in [9.17, 15) is 34.0 Å². The zero-order valence-electron chi connectivity index (χ0n) is 11.6. The lowest BCUT2D eigenvalue weighted by atomic mass is 10.0. The van der Waals surface area contributed by atoms with E-state index in [2.05, 4.69) is 16.3 Å². The molecule has 5 N–H and O–H groups in total. The van der Waals surface area contributed by atoms with Crippen LogP contribution < -0.4 is 11.2 Å². The van der Waals surface area contributed by atoms with Gasteiger partial charge in [-0.2, -0.15) is 0 Å². The minimum absolute atomic E-state index is 0.526. The van der Waals surface area contributed by atoms with Crippen LogP contribution in [0.4, 0.5) is 4.39 Å².